The lowest BCUT2D eigenvalue weighted by Crippen LogP contribution is -2.25. The minimum absolute atomic E-state index is 0.237. The standard InChI is InChI=1S/C25H30NO3P/c1-19(2)28-30(27,29-20(3)4)26-25(23-13-9-6-10-14-23)24-17-15-22(16-18-24)21-11-7-5-8-12-21/h5-20,25H,1-4H3,(H,26,27)/t25-/m0/s1. The normalized spacial score (nSPS) is 13.0. The third-order valence-corrected chi connectivity index (χ3v) is 6.44. The first kappa shape index (κ1) is 22.5. The SMILES string of the molecule is CC(C)OP(=O)(N[C@@H](c1ccccc1)c1ccc(-c2ccccc2)cc1)OC(C)C. The highest BCUT2D eigenvalue weighted by molar-refractivity contribution is 7.51. The minimum atomic E-state index is -3.54. The van der Waals surface area contributed by atoms with E-state index in [0.717, 1.165) is 22.3 Å². The average molecular weight is 423 g/mol. The highest BCUT2D eigenvalue weighted by Gasteiger charge is 2.32. The summed E-state index contributed by atoms with van der Waals surface area (Å²) in [5.74, 6) is 0. The molecule has 158 valence electrons. The maximum absolute atomic E-state index is 13.5. The molecule has 0 saturated carbocycles. The van der Waals surface area contributed by atoms with Crippen LogP contribution in [0.25, 0.3) is 11.1 Å². The zero-order valence-electron chi connectivity index (χ0n) is 18.0. The second-order valence-electron chi connectivity index (χ2n) is 7.77. The summed E-state index contributed by atoms with van der Waals surface area (Å²) in [5, 5.41) is 3.20. The first-order valence-electron chi connectivity index (χ1n) is 10.3. The topological polar surface area (TPSA) is 47.6 Å². The molecule has 1 atom stereocenters. The van der Waals surface area contributed by atoms with Gasteiger partial charge in [-0.2, -0.15) is 0 Å². The van der Waals surface area contributed by atoms with Crippen molar-refractivity contribution < 1.29 is 13.6 Å². The molecule has 0 aliphatic heterocycles. The van der Waals surface area contributed by atoms with Crippen molar-refractivity contribution in [3.63, 3.8) is 0 Å². The van der Waals surface area contributed by atoms with E-state index in [1.54, 1.807) is 0 Å². The van der Waals surface area contributed by atoms with Crippen LogP contribution in [0.4, 0.5) is 0 Å². The average Bonchev–Trinajstić information content (AvgIpc) is 2.72. The van der Waals surface area contributed by atoms with E-state index in [1.165, 1.54) is 0 Å². The summed E-state index contributed by atoms with van der Waals surface area (Å²) in [6.07, 6.45) is -0.474. The van der Waals surface area contributed by atoms with Gasteiger partial charge in [0.1, 0.15) is 0 Å². The van der Waals surface area contributed by atoms with Crippen LogP contribution >= 0.6 is 7.75 Å². The quantitative estimate of drug-likeness (QED) is 0.377. The van der Waals surface area contributed by atoms with Crippen LogP contribution in [0.3, 0.4) is 0 Å². The first-order valence-corrected chi connectivity index (χ1v) is 11.9. The van der Waals surface area contributed by atoms with Crippen molar-refractivity contribution in [3.8, 4) is 11.1 Å². The van der Waals surface area contributed by atoms with Gasteiger partial charge in [0.05, 0.1) is 18.2 Å². The van der Waals surface area contributed by atoms with Crippen LogP contribution in [0.5, 0.6) is 0 Å². The monoisotopic (exact) mass is 423 g/mol. The van der Waals surface area contributed by atoms with Gasteiger partial charge < -0.3 is 0 Å². The molecule has 3 aromatic carbocycles. The predicted molar refractivity (Wildman–Crippen MR) is 123 cm³/mol. The number of nitrogens with one attached hydrogen (secondary N) is 1. The Hall–Kier alpha value is -2.23. The van der Waals surface area contributed by atoms with Gasteiger partial charge in [-0.25, -0.2) is 9.65 Å². The van der Waals surface area contributed by atoms with E-state index in [1.807, 2.05) is 76.2 Å². The second kappa shape index (κ2) is 10.2. The van der Waals surface area contributed by atoms with E-state index in [2.05, 4.69) is 41.5 Å². The molecular formula is C25H30NO3P. The molecule has 0 spiro atoms. The Morgan fingerprint density at radius 3 is 1.57 bits per heavy atom. The van der Waals surface area contributed by atoms with E-state index in [0.29, 0.717) is 0 Å². The highest BCUT2D eigenvalue weighted by Crippen LogP contribution is 2.49. The first-order chi connectivity index (χ1) is 14.4. The van der Waals surface area contributed by atoms with Gasteiger partial charge in [0.15, 0.2) is 0 Å². The second-order valence-corrected chi connectivity index (χ2v) is 9.44. The van der Waals surface area contributed by atoms with Crippen LogP contribution in [0.2, 0.25) is 0 Å². The van der Waals surface area contributed by atoms with Gasteiger partial charge in [0.25, 0.3) is 0 Å². The molecule has 0 saturated heterocycles. The summed E-state index contributed by atoms with van der Waals surface area (Å²) >= 11 is 0. The maximum Gasteiger partial charge on any atom is 0.406 e. The Morgan fingerprint density at radius 1 is 0.633 bits per heavy atom. The fraction of sp³-hybridized carbons (Fsp3) is 0.280. The molecule has 30 heavy (non-hydrogen) atoms. The van der Waals surface area contributed by atoms with Crippen molar-refractivity contribution >= 4 is 7.75 Å². The third-order valence-electron chi connectivity index (χ3n) is 4.47. The van der Waals surface area contributed by atoms with Crippen LogP contribution in [-0.4, -0.2) is 12.2 Å². The Labute approximate surface area is 179 Å². The zero-order valence-corrected chi connectivity index (χ0v) is 18.9. The van der Waals surface area contributed by atoms with Crippen molar-refractivity contribution in [2.24, 2.45) is 0 Å². The molecule has 0 amide bonds. The van der Waals surface area contributed by atoms with Gasteiger partial charge in [0.2, 0.25) is 0 Å². The lowest BCUT2D eigenvalue weighted by atomic mass is 9.97. The Balaban J connectivity index is 1.96. The summed E-state index contributed by atoms with van der Waals surface area (Å²) in [6.45, 7) is 7.41. The lowest BCUT2D eigenvalue weighted by Gasteiger charge is -2.28. The Kier molecular flexibility index (Phi) is 7.63. The summed E-state index contributed by atoms with van der Waals surface area (Å²) < 4.78 is 25.0. The summed E-state index contributed by atoms with van der Waals surface area (Å²) in [5.41, 5.74) is 4.27. The van der Waals surface area contributed by atoms with Gasteiger partial charge in [-0.15, -0.1) is 0 Å². The molecule has 3 aromatic rings. The molecule has 0 bridgehead atoms. The van der Waals surface area contributed by atoms with Crippen molar-refractivity contribution in [2.75, 3.05) is 0 Å². The van der Waals surface area contributed by atoms with Gasteiger partial charge in [0, 0.05) is 0 Å². The van der Waals surface area contributed by atoms with Gasteiger partial charge in [-0.1, -0.05) is 84.9 Å². The van der Waals surface area contributed by atoms with E-state index < -0.39 is 7.75 Å². The van der Waals surface area contributed by atoms with Crippen molar-refractivity contribution in [2.45, 2.75) is 45.9 Å². The van der Waals surface area contributed by atoms with Gasteiger partial charge in [-0.05, 0) is 49.9 Å². The Bertz CT molecular complexity index is 943. The van der Waals surface area contributed by atoms with Crippen molar-refractivity contribution in [1.29, 1.82) is 0 Å². The zero-order chi connectivity index (χ0) is 21.6. The number of hydrogen-bond donors (Lipinski definition) is 1. The van der Waals surface area contributed by atoms with E-state index in [4.69, 9.17) is 9.05 Å². The maximum atomic E-state index is 13.5. The molecule has 0 heterocycles. The molecule has 0 aromatic heterocycles. The van der Waals surface area contributed by atoms with Gasteiger partial charge >= 0.3 is 7.75 Å². The molecule has 0 aliphatic rings. The summed E-state index contributed by atoms with van der Waals surface area (Å²) in [6, 6.07) is 28.1. The molecule has 1 N–H and O–H groups in total. The molecular weight excluding hydrogens is 393 g/mol. The molecule has 3 rings (SSSR count). The van der Waals surface area contributed by atoms with Crippen LogP contribution in [0, 0.1) is 0 Å². The fourth-order valence-corrected chi connectivity index (χ4v) is 5.18. The molecule has 0 unspecified atom stereocenters. The largest absolute Gasteiger partial charge is 0.406 e. The number of hydrogen-bond acceptors (Lipinski definition) is 3. The number of benzene rings is 3. The van der Waals surface area contributed by atoms with E-state index in [9.17, 15) is 4.57 Å². The highest BCUT2D eigenvalue weighted by atomic mass is 31.2. The molecule has 4 nitrogen and oxygen atoms in total. The minimum Gasteiger partial charge on any atom is -0.294 e. The van der Waals surface area contributed by atoms with Crippen LogP contribution in [0.1, 0.15) is 44.9 Å². The molecule has 0 aliphatic carbocycles. The van der Waals surface area contributed by atoms with Crippen LogP contribution in [-0.2, 0) is 13.6 Å². The smallest absolute Gasteiger partial charge is 0.294 e. The van der Waals surface area contributed by atoms with Crippen molar-refractivity contribution in [3.05, 3.63) is 96.1 Å². The van der Waals surface area contributed by atoms with E-state index >= 15 is 0 Å². The third kappa shape index (κ3) is 6.13. The fourth-order valence-electron chi connectivity index (χ4n) is 3.28. The van der Waals surface area contributed by atoms with Crippen LogP contribution < -0.4 is 5.09 Å². The van der Waals surface area contributed by atoms with Gasteiger partial charge in [-0.3, -0.25) is 9.05 Å². The molecule has 0 fully saturated rings. The molecule has 5 heteroatoms. The molecule has 0 radical (unpaired) electrons. The van der Waals surface area contributed by atoms with Crippen molar-refractivity contribution in [1.82, 2.24) is 5.09 Å². The predicted octanol–water partition coefficient (Wildman–Crippen LogP) is 6.99. The Morgan fingerprint density at radius 2 is 1.07 bits per heavy atom. The summed E-state index contributed by atoms with van der Waals surface area (Å²) in [7, 11) is -3.54. The van der Waals surface area contributed by atoms with E-state index in [-0.39, 0.29) is 18.2 Å². The lowest BCUT2D eigenvalue weighted by molar-refractivity contribution is 0.134. The summed E-state index contributed by atoms with van der Waals surface area (Å²) in [4.78, 5) is 0. The van der Waals surface area contributed by atoms with Crippen LogP contribution in [0.15, 0.2) is 84.9 Å². The number of rotatable bonds is 9.